The van der Waals surface area contributed by atoms with Crippen LogP contribution in [0.1, 0.15) is 6.42 Å². The minimum Gasteiger partial charge on any atom is -0.457 e. The maximum atomic E-state index is 11.5. The van der Waals surface area contributed by atoms with E-state index in [0.29, 0.717) is 0 Å². The molecule has 3 rings (SSSR count). The lowest BCUT2D eigenvalue weighted by Crippen LogP contribution is -2.39. The van der Waals surface area contributed by atoms with Gasteiger partial charge in [0.15, 0.2) is 0 Å². The topological polar surface area (TPSA) is 46.5 Å². The zero-order chi connectivity index (χ0) is 9.71. The van der Waals surface area contributed by atoms with Gasteiger partial charge in [-0.25, -0.2) is 0 Å². The Morgan fingerprint density at radius 2 is 2.21 bits per heavy atom. The molecule has 0 aromatic heterocycles. The molecule has 0 radical (unpaired) electrons. The van der Waals surface area contributed by atoms with Gasteiger partial charge in [-0.3, -0.25) is 4.79 Å². The summed E-state index contributed by atoms with van der Waals surface area (Å²) >= 11 is 0. The first kappa shape index (κ1) is 8.24. The van der Waals surface area contributed by atoms with Crippen LogP contribution in [0.15, 0.2) is 24.3 Å². The predicted octanol–water partition coefficient (Wildman–Crippen LogP) is 0.651. The van der Waals surface area contributed by atoms with Crippen molar-refractivity contribution in [2.45, 2.75) is 18.6 Å². The Hall–Kier alpha value is -1.09. The van der Waals surface area contributed by atoms with Gasteiger partial charge in [0.05, 0.1) is 12.0 Å². The number of carbonyl (C=O) groups is 1. The molecule has 0 amide bonds. The first-order valence-electron chi connectivity index (χ1n) is 5.01. The van der Waals surface area contributed by atoms with Crippen LogP contribution in [0.2, 0.25) is 0 Å². The highest BCUT2D eigenvalue weighted by Gasteiger charge is 2.50. The summed E-state index contributed by atoms with van der Waals surface area (Å²) in [4.78, 5) is 11.5. The molecule has 3 heteroatoms. The van der Waals surface area contributed by atoms with E-state index >= 15 is 0 Å². The number of rotatable bonds is 0. The number of hydrogen-bond donors (Lipinski definition) is 1. The smallest absolute Gasteiger partial charge is 0.313 e. The second-order valence-electron chi connectivity index (χ2n) is 4.21. The van der Waals surface area contributed by atoms with E-state index in [0.717, 1.165) is 6.42 Å². The third kappa shape index (κ3) is 0.932. The van der Waals surface area contributed by atoms with Crippen molar-refractivity contribution in [1.29, 1.82) is 0 Å². The van der Waals surface area contributed by atoms with Crippen molar-refractivity contribution in [2.24, 2.45) is 17.8 Å². The molecule has 1 fully saturated rings. The SMILES string of the molecule is O=C1O[C@H]2C=C[C@@H](O)[C@@H]3CC=C[C@H]1[C@@H]32. The average molecular weight is 192 g/mol. The summed E-state index contributed by atoms with van der Waals surface area (Å²) in [5, 5.41) is 9.77. The Bertz CT molecular complexity index is 331. The molecule has 2 aliphatic carbocycles. The van der Waals surface area contributed by atoms with Crippen LogP contribution in [0.25, 0.3) is 0 Å². The van der Waals surface area contributed by atoms with Gasteiger partial charge in [0, 0.05) is 5.92 Å². The summed E-state index contributed by atoms with van der Waals surface area (Å²) in [6.07, 6.45) is 7.81. The van der Waals surface area contributed by atoms with Crippen molar-refractivity contribution in [3.8, 4) is 0 Å². The average Bonchev–Trinajstić information content (AvgIpc) is 2.52. The minimum absolute atomic E-state index is 0.106. The van der Waals surface area contributed by atoms with Crippen molar-refractivity contribution in [1.82, 2.24) is 0 Å². The number of hydrogen-bond acceptors (Lipinski definition) is 3. The van der Waals surface area contributed by atoms with E-state index in [4.69, 9.17) is 4.74 Å². The van der Waals surface area contributed by atoms with E-state index in [9.17, 15) is 9.90 Å². The normalized spacial score (nSPS) is 48.9. The molecule has 0 bridgehead atoms. The first-order chi connectivity index (χ1) is 6.77. The fraction of sp³-hybridized carbons (Fsp3) is 0.545. The van der Waals surface area contributed by atoms with Gasteiger partial charge in [-0.05, 0) is 18.4 Å². The van der Waals surface area contributed by atoms with E-state index in [-0.39, 0.29) is 29.8 Å². The molecule has 0 aromatic carbocycles. The lowest BCUT2D eigenvalue weighted by atomic mass is 9.69. The number of allylic oxidation sites excluding steroid dienone is 1. The molecular formula is C11H12O3. The summed E-state index contributed by atoms with van der Waals surface area (Å²) in [5.41, 5.74) is 0. The first-order valence-corrected chi connectivity index (χ1v) is 5.01. The van der Waals surface area contributed by atoms with Gasteiger partial charge in [0.25, 0.3) is 0 Å². The molecule has 3 nitrogen and oxygen atoms in total. The molecule has 0 spiro atoms. The number of aliphatic hydroxyl groups is 1. The molecule has 74 valence electrons. The van der Waals surface area contributed by atoms with E-state index in [1.54, 1.807) is 6.08 Å². The van der Waals surface area contributed by atoms with Gasteiger partial charge < -0.3 is 9.84 Å². The monoisotopic (exact) mass is 192 g/mol. The highest BCUT2D eigenvalue weighted by Crippen LogP contribution is 2.44. The van der Waals surface area contributed by atoms with Gasteiger partial charge >= 0.3 is 5.97 Å². The molecule has 5 atom stereocenters. The Balaban J connectivity index is 2.04. The third-order valence-electron chi connectivity index (χ3n) is 3.50. The lowest BCUT2D eigenvalue weighted by Gasteiger charge is -2.35. The van der Waals surface area contributed by atoms with Crippen LogP contribution in [-0.2, 0) is 9.53 Å². The zero-order valence-electron chi connectivity index (χ0n) is 7.67. The van der Waals surface area contributed by atoms with Crippen LogP contribution in [0, 0.1) is 17.8 Å². The molecule has 14 heavy (non-hydrogen) atoms. The van der Waals surface area contributed by atoms with Gasteiger partial charge in [-0.2, -0.15) is 0 Å². The molecule has 1 saturated heterocycles. The third-order valence-corrected chi connectivity index (χ3v) is 3.50. The van der Waals surface area contributed by atoms with Gasteiger partial charge in [-0.15, -0.1) is 0 Å². The number of aliphatic hydroxyl groups excluding tert-OH is 1. The number of ether oxygens (including phenoxy) is 1. The lowest BCUT2D eigenvalue weighted by molar-refractivity contribution is -0.142. The minimum atomic E-state index is -0.418. The van der Waals surface area contributed by atoms with Crippen LogP contribution < -0.4 is 0 Å². The van der Waals surface area contributed by atoms with Crippen LogP contribution in [0.5, 0.6) is 0 Å². The summed E-state index contributed by atoms with van der Waals surface area (Å²) in [5.74, 6) is 0.0528. The molecular weight excluding hydrogens is 180 g/mol. The Labute approximate surface area is 82.1 Å². The highest BCUT2D eigenvalue weighted by atomic mass is 16.6. The molecule has 1 aliphatic heterocycles. The predicted molar refractivity (Wildman–Crippen MR) is 49.3 cm³/mol. The number of esters is 1. The fourth-order valence-corrected chi connectivity index (χ4v) is 2.81. The zero-order valence-corrected chi connectivity index (χ0v) is 7.67. The summed E-state index contributed by atoms with van der Waals surface area (Å²) in [7, 11) is 0. The van der Waals surface area contributed by atoms with Gasteiger partial charge in [0.1, 0.15) is 6.10 Å². The second-order valence-corrected chi connectivity index (χ2v) is 4.21. The fourth-order valence-electron chi connectivity index (χ4n) is 2.81. The number of carbonyl (C=O) groups excluding carboxylic acids is 1. The molecule has 1 N–H and O–H groups in total. The second kappa shape index (κ2) is 2.70. The van der Waals surface area contributed by atoms with Gasteiger partial charge in [-0.1, -0.05) is 18.2 Å². The van der Waals surface area contributed by atoms with E-state index in [1.165, 1.54) is 0 Å². The van der Waals surface area contributed by atoms with Crippen molar-refractivity contribution >= 4 is 5.97 Å². The highest BCUT2D eigenvalue weighted by molar-refractivity contribution is 5.78. The van der Waals surface area contributed by atoms with Crippen molar-refractivity contribution in [3.05, 3.63) is 24.3 Å². The molecule has 1 heterocycles. The Morgan fingerprint density at radius 3 is 3.07 bits per heavy atom. The van der Waals surface area contributed by atoms with E-state index in [2.05, 4.69) is 0 Å². The quantitative estimate of drug-likeness (QED) is 0.453. The maximum absolute atomic E-state index is 11.5. The van der Waals surface area contributed by atoms with Crippen LogP contribution in [0.4, 0.5) is 0 Å². The molecule has 0 unspecified atom stereocenters. The summed E-state index contributed by atoms with van der Waals surface area (Å²) in [6, 6.07) is 0. The van der Waals surface area contributed by atoms with E-state index in [1.807, 2.05) is 18.2 Å². The molecule has 0 aromatic rings. The Morgan fingerprint density at radius 1 is 1.36 bits per heavy atom. The Kier molecular flexibility index (Phi) is 1.59. The standard InChI is InChI=1S/C11H12O3/c12-8-4-5-9-10-6(8)2-1-3-7(10)11(13)14-9/h1,3-10,12H,2H2/t6-,7-,8+,9-,10+/m0/s1. The van der Waals surface area contributed by atoms with Gasteiger partial charge in [0.2, 0.25) is 0 Å². The summed E-state index contributed by atoms with van der Waals surface area (Å²) < 4.78 is 5.24. The molecule has 0 saturated carbocycles. The van der Waals surface area contributed by atoms with Crippen molar-refractivity contribution < 1.29 is 14.6 Å². The van der Waals surface area contributed by atoms with Crippen molar-refractivity contribution in [2.75, 3.05) is 0 Å². The van der Waals surface area contributed by atoms with Crippen LogP contribution >= 0.6 is 0 Å². The maximum Gasteiger partial charge on any atom is 0.313 e. The van der Waals surface area contributed by atoms with Crippen molar-refractivity contribution in [3.63, 3.8) is 0 Å². The van der Waals surface area contributed by atoms with E-state index < -0.39 is 6.10 Å². The largest absolute Gasteiger partial charge is 0.457 e. The van der Waals surface area contributed by atoms with Crippen LogP contribution in [-0.4, -0.2) is 23.3 Å². The van der Waals surface area contributed by atoms with Crippen LogP contribution in [0.3, 0.4) is 0 Å². The molecule has 3 aliphatic rings. The summed E-state index contributed by atoms with van der Waals surface area (Å²) in [6.45, 7) is 0.